The van der Waals surface area contributed by atoms with Gasteiger partial charge in [0.25, 0.3) is 0 Å². The maximum absolute atomic E-state index is 12.4. The molecule has 1 aromatic rings. The summed E-state index contributed by atoms with van der Waals surface area (Å²) in [5.41, 5.74) is 2.80. The molecule has 152 valence electrons. The van der Waals surface area contributed by atoms with Gasteiger partial charge in [0.1, 0.15) is 0 Å². The minimum absolute atomic E-state index is 0.0932. The molecule has 0 aromatic heterocycles. The molecule has 0 fully saturated rings. The number of benzene rings is 1. The molecule has 28 heavy (non-hydrogen) atoms. The fourth-order valence-corrected chi connectivity index (χ4v) is 2.98. The Bertz CT molecular complexity index is 735. The summed E-state index contributed by atoms with van der Waals surface area (Å²) in [5, 5.41) is 9.34. The third kappa shape index (κ3) is 6.44. The van der Waals surface area contributed by atoms with Gasteiger partial charge in [0, 0.05) is 51.6 Å². The normalized spacial score (nSPS) is 13.6. The molecule has 0 amide bonds. The molecule has 0 spiro atoms. The van der Waals surface area contributed by atoms with Gasteiger partial charge in [-0.25, -0.2) is 9.59 Å². The Hall–Kier alpha value is -2.76. The van der Waals surface area contributed by atoms with Gasteiger partial charge in [0.05, 0.1) is 17.8 Å². The molecule has 0 aliphatic carbocycles. The monoisotopic (exact) mass is 386 g/mol. The van der Waals surface area contributed by atoms with Crippen molar-refractivity contribution in [1.29, 1.82) is 0 Å². The lowest BCUT2D eigenvalue weighted by Gasteiger charge is -2.23. The fourth-order valence-electron chi connectivity index (χ4n) is 2.98. The average Bonchev–Trinajstić information content (AvgIpc) is 2.68. The summed E-state index contributed by atoms with van der Waals surface area (Å²) in [6.07, 6.45) is 7.13. The van der Waals surface area contributed by atoms with E-state index in [1.54, 1.807) is 17.3 Å². The Morgan fingerprint density at radius 1 is 1.11 bits per heavy atom. The van der Waals surface area contributed by atoms with E-state index in [1.807, 2.05) is 43.3 Å². The van der Waals surface area contributed by atoms with Crippen molar-refractivity contribution in [3.8, 4) is 0 Å². The Labute approximate surface area is 167 Å². The summed E-state index contributed by atoms with van der Waals surface area (Å²) in [5.74, 6) is -1.45. The summed E-state index contributed by atoms with van der Waals surface area (Å²) >= 11 is 0. The highest BCUT2D eigenvalue weighted by Gasteiger charge is 2.22. The Morgan fingerprint density at radius 2 is 1.79 bits per heavy atom. The van der Waals surface area contributed by atoms with Gasteiger partial charge in [-0.2, -0.15) is 0 Å². The fraction of sp³-hybridized carbons (Fsp3) is 0.455. The van der Waals surface area contributed by atoms with E-state index in [4.69, 9.17) is 4.74 Å². The number of carboxylic acid groups (broad SMARTS) is 1. The van der Waals surface area contributed by atoms with Crippen LogP contribution < -0.4 is 4.90 Å². The van der Waals surface area contributed by atoms with Crippen LogP contribution in [0.4, 0.5) is 5.69 Å². The first kappa shape index (κ1) is 21.5. The molecule has 0 radical (unpaired) electrons. The van der Waals surface area contributed by atoms with Crippen molar-refractivity contribution in [3.05, 3.63) is 53.4 Å². The van der Waals surface area contributed by atoms with Crippen LogP contribution in [0.25, 0.3) is 0 Å². The molecular formula is C22H30N2O4. The van der Waals surface area contributed by atoms with E-state index in [-0.39, 0.29) is 18.6 Å². The second kappa shape index (κ2) is 10.5. The standard InChI is InChI=1S/C22H30N2O4/c1-4-5-6-12-24-15-18(21(25)26)14-19(16-24)22(27)28-13-11-17-7-9-20(10-8-17)23(2)3/h7-10,15-16H,4-6,11-14H2,1-3H3,(H,25,26). The first-order valence-corrected chi connectivity index (χ1v) is 9.74. The van der Waals surface area contributed by atoms with Crippen LogP contribution in [0.15, 0.2) is 47.8 Å². The van der Waals surface area contributed by atoms with Crippen molar-refractivity contribution in [3.63, 3.8) is 0 Å². The van der Waals surface area contributed by atoms with E-state index in [0.29, 0.717) is 18.5 Å². The first-order chi connectivity index (χ1) is 13.4. The van der Waals surface area contributed by atoms with Crippen molar-refractivity contribution in [2.24, 2.45) is 0 Å². The third-order valence-electron chi connectivity index (χ3n) is 4.66. The summed E-state index contributed by atoms with van der Waals surface area (Å²) in [6.45, 7) is 3.07. The van der Waals surface area contributed by atoms with E-state index >= 15 is 0 Å². The SMILES string of the molecule is CCCCCN1C=C(C(=O)O)CC(C(=O)OCCc2ccc(N(C)C)cc2)=C1. The number of hydrogen-bond acceptors (Lipinski definition) is 5. The third-order valence-corrected chi connectivity index (χ3v) is 4.66. The highest BCUT2D eigenvalue weighted by atomic mass is 16.5. The van der Waals surface area contributed by atoms with Gasteiger partial charge in [-0.15, -0.1) is 0 Å². The van der Waals surface area contributed by atoms with Crippen LogP contribution in [0.1, 0.15) is 38.2 Å². The molecule has 1 N–H and O–H groups in total. The summed E-state index contributed by atoms with van der Waals surface area (Å²) < 4.78 is 5.40. The Kier molecular flexibility index (Phi) is 8.11. The molecule has 1 aliphatic rings. The minimum Gasteiger partial charge on any atom is -0.478 e. The number of esters is 1. The first-order valence-electron chi connectivity index (χ1n) is 9.74. The smallest absolute Gasteiger partial charge is 0.335 e. The van der Waals surface area contributed by atoms with Crippen molar-refractivity contribution in [1.82, 2.24) is 4.90 Å². The number of carbonyl (C=O) groups excluding carboxylic acids is 1. The predicted molar refractivity (Wildman–Crippen MR) is 110 cm³/mol. The van der Waals surface area contributed by atoms with Gasteiger partial charge in [-0.05, 0) is 24.1 Å². The molecule has 1 aliphatic heterocycles. The van der Waals surface area contributed by atoms with Crippen molar-refractivity contribution in [2.75, 3.05) is 32.1 Å². The van der Waals surface area contributed by atoms with Gasteiger partial charge in [0.15, 0.2) is 0 Å². The van der Waals surface area contributed by atoms with Crippen LogP contribution in [0.5, 0.6) is 0 Å². The maximum Gasteiger partial charge on any atom is 0.335 e. The second-order valence-corrected chi connectivity index (χ2v) is 7.18. The van der Waals surface area contributed by atoms with Gasteiger partial charge in [-0.3, -0.25) is 0 Å². The highest BCUT2D eigenvalue weighted by Crippen LogP contribution is 2.21. The number of ether oxygens (including phenoxy) is 1. The quantitative estimate of drug-likeness (QED) is 0.490. The Balaban J connectivity index is 1.91. The topological polar surface area (TPSA) is 70.1 Å². The van der Waals surface area contributed by atoms with Gasteiger partial charge >= 0.3 is 11.9 Å². The van der Waals surface area contributed by atoms with Gasteiger partial charge < -0.3 is 19.6 Å². The van der Waals surface area contributed by atoms with Gasteiger partial charge in [0.2, 0.25) is 0 Å². The predicted octanol–water partition coefficient (Wildman–Crippen LogP) is 3.59. The molecule has 1 heterocycles. The van der Waals surface area contributed by atoms with Crippen LogP contribution in [0.2, 0.25) is 0 Å². The highest BCUT2D eigenvalue weighted by molar-refractivity contribution is 5.94. The molecule has 0 unspecified atom stereocenters. The molecule has 0 bridgehead atoms. The number of carbonyl (C=O) groups is 2. The number of carboxylic acids is 1. The molecule has 6 heteroatoms. The molecule has 1 aromatic carbocycles. The minimum atomic E-state index is -1.00. The van der Waals surface area contributed by atoms with Crippen LogP contribution in [-0.2, 0) is 20.7 Å². The van der Waals surface area contributed by atoms with Crippen LogP contribution in [-0.4, -0.2) is 49.2 Å². The number of hydrogen-bond donors (Lipinski definition) is 1. The zero-order valence-corrected chi connectivity index (χ0v) is 17.0. The van der Waals surface area contributed by atoms with E-state index in [2.05, 4.69) is 6.92 Å². The number of nitrogens with zero attached hydrogens (tertiary/aromatic N) is 2. The molecule has 2 rings (SSSR count). The van der Waals surface area contributed by atoms with E-state index in [9.17, 15) is 14.7 Å². The zero-order chi connectivity index (χ0) is 20.5. The molecular weight excluding hydrogens is 356 g/mol. The van der Waals surface area contributed by atoms with E-state index in [0.717, 1.165) is 30.5 Å². The van der Waals surface area contributed by atoms with E-state index in [1.165, 1.54) is 0 Å². The van der Waals surface area contributed by atoms with Crippen LogP contribution in [0.3, 0.4) is 0 Å². The maximum atomic E-state index is 12.4. The Morgan fingerprint density at radius 3 is 2.39 bits per heavy atom. The average molecular weight is 386 g/mol. The van der Waals surface area contributed by atoms with E-state index < -0.39 is 11.9 Å². The van der Waals surface area contributed by atoms with Crippen molar-refractivity contribution < 1.29 is 19.4 Å². The molecule has 0 saturated carbocycles. The number of anilines is 1. The summed E-state index contributed by atoms with van der Waals surface area (Å²) in [6, 6.07) is 8.09. The number of unbranched alkanes of at least 4 members (excludes halogenated alkanes) is 2. The second-order valence-electron chi connectivity index (χ2n) is 7.18. The molecule has 0 saturated heterocycles. The lowest BCUT2D eigenvalue weighted by Crippen LogP contribution is -2.23. The zero-order valence-electron chi connectivity index (χ0n) is 17.0. The lowest BCUT2D eigenvalue weighted by atomic mass is 10.0. The van der Waals surface area contributed by atoms with Crippen LogP contribution >= 0.6 is 0 Å². The number of aliphatic carboxylic acids is 1. The van der Waals surface area contributed by atoms with Crippen molar-refractivity contribution in [2.45, 2.75) is 39.0 Å². The molecule has 0 atom stereocenters. The van der Waals surface area contributed by atoms with Crippen molar-refractivity contribution >= 4 is 17.6 Å². The molecule has 6 nitrogen and oxygen atoms in total. The largest absolute Gasteiger partial charge is 0.478 e. The van der Waals surface area contributed by atoms with Gasteiger partial charge in [-0.1, -0.05) is 31.9 Å². The van der Waals surface area contributed by atoms with Crippen LogP contribution in [0, 0.1) is 0 Å². The summed E-state index contributed by atoms with van der Waals surface area (Å²) in [7, 11) is 3.97. The number of rotatable bonds is 10. The lowest BCUT2D eigenvalue weighted by molar-refractivity contribution is -0.139. The summed E-state index contributed by atoms with van der Waals surface area (Å²) in [4.78, 5) is 27.6.